The number of carbonyl (C=O) groups excluding carboxylic acids is 1. The first-order valence-electron chi connectivity index (χ1n) is 5.34. The number of hydrogen-bond donors (Lipinski definition) is 1. The number of halogens is 1. The molecule has 94 valence electrons. The van der Waals surface area contributed by atoms with Crippen LogP contribution in [0.25, 0.3) is 0 Å². The van der Waals surface area contributed by atoms with Crippen LogP contribution in [0.1, 0.15) is 25.0 Å². The smallest absolute Gasteiger partial charge is 0.335 e. The molecule has 0 bridgehead atoms. The highest BCUT2D eigenvalue weighted by atomic mass is 19.1. The van der Waals surface area contributed by atoms with E-state index in [1.807, 2.05) is 0 Å². The van der Waals surface area contributed by atoms with Gasteiger partial charge in [0.1, 0.15) is 5.82 Å². The second-order valence-corrected chi connectivity index (χ2v) is 4.56. The number of ether oxygens (including phenoxy) is 1. The quantitative estimate of drug-likeness (QED) is 0.821. The zero-order valence-electron chi connectivity index (χ0n) is 10.5. The Hall–Kier alpha value is -1.42. The van der Waals surface area contributed by atoms with Crippen molar-refractivity contribution in [1.29, 1.82) is 0 Å². The van der Waals surface area contributed by atoms with Gasteiger partial charge in [-0.2, -0.15) is 0 Å². The van der Waals surface area contributed by atoms with Crippen molar-refractivity contribution in [2.45, 2.75) is 32.3 Å². The first-order chi connectivity index (χ1) is 7.82. The molecule has 17 heavy (non-hydrogen) atoms. The van der Waals surface area contributed by atoms with Crippen LogP contribution in [0.15, 0.2) is 18.2 Å². The maximum Gasteiger partial charge on any atom is 0.335 e. The first kappa shape index (κ1) is 13.6. The fraction of sp³-hybridized carbons (Fsp3) is 0.462. The van der Waals surface area contributed by atoms with Crippen LogP contribution in [0.3, 0.4) is 0 Å². The van der Waals surface area contributed by atoms with Crippen molar-refractivity contribution in [3.63, 3.8) is 0 Å². The van der Waals surface area contributed by atoms with Crippen LogP contribution in [0, 0.1) is 12.7 Å². The minimum atomic E-state index is -1.33. The molecule has 0 aromatic heterocycles. The third kappa shape index (κ3) is 2.47. The number of carbonyl (C=O) groups is 1. The van der Waals surface area contributed by atoms with Crippen molar-refractivity contribution < 1.29 is 19.0 Å². The Morgan fingerprint density at radius 2 is 2.06 bits per heavy atom. The van der Waals surface area contributed by atoms with E-state index < -0.39 is 17.5 Å². The van der Waals surface area contributed by atoms with E-state index >= 15 is 0 Å². The van der Waals surface area contributed by atoms with E-state index in [4.69, 9.17) is 0 Å². The number of aliphatic hydroxyl groups is 1. The fourth-order valence-electron chi connectivity index (χ4n) is 1.86. The van der Waals surface area contributed by atoms with E-state index in [0.29, 0.717) is 11.1 Å². The molecule has 0 radical (unpaired) electrons. The van der Waals surface area contributed by atoms with Gasteiger partial charge in [-0.15, -0.1) is 0 Å². The topological polar surface area (TPSA) is 46.5 Å². The molecule has 0 saturated carbocycles. The second kappa shape index (κ2) is 4.84. The third-order valence-electron chi connectivity index (χ3n) is 3.07. The highest BCUT2D eigenvalue weighted by Gasteiger charge is 2.37. The predicted octanol–water partition coefficient (Wildman–Crippen LogP) is 1.95. The summed E-state index contributed by atoms with van der Waals surface area (Å²) in [5.41, 5.74) is 0.120. The van der Waals surface area contributed by atoms with Crippen molar-refractivity contribution in [1.82, 2.24) is 0 Å². The molecule has 1 rings (SSSR count). The Morgan fingerprint density at radius 1 is 1.47 bits per heavy atom. The van der Waals surface area contributed by atoms with Gasteiger partial charge in [0.2, 0.25) is 0 Å². The van der Waals surface area contributed by atoms with Crippen LogP contribution < -0.4 is 0 Å². The lowest BCUT2D eigenvalue weighted by Crippen LogP contribution is -2.41. The second-order valence-electron chi connectivity index (χ2n) is 4.56. The van der Waals surface area contributed by atoms with Crippen LogP contribution in [0.4, 0.5) is 4.39 Å². The van der Waals surface area contributed by atoms with Crippen molar-refractivity contribution in [3.05, 3.63) is 35.1 Å². The lowest BCUT2D eigenvalue weighted by Gasteiger charge is -2.30. The number of esters is 1. The molecule has 1 unspecified atom stereocenters. The van der Waals surface area contributed by atoms with Crippen molar-refractivity contribution in [3.8, 4) is 0 Å². The first-order valence-corrected chi connectivity index (χ1v) is 5.34. The Kier molecular flexibility index (Phi) is 3.88. The van der Waals surface area contributed by atoms with Gasteiger partial charge in [0, 0.05) is 5.41 Å². The van der Waals surface area contributed by atoms with E-state index in [-0.39, 0.29) is 5.82 Å². The SMILES string of the molecule is COC(=O)C(O)C(C)(C)c1cccc(F)c1C. The Bertz CT molecular complexity index is 427. The Morgan fingerprint density at radius 3 is 2.59 bits per heavy atom. The molecule has 4 heteroatoms. The molecule has 0 heterocycles. The standard InChI is InChI=1S/C13H17FO3/c1-8-9(6-5-7-10(8)14)13(2,3)11(15)12(16)17-4/h5-7,11,15H,1-4H3. The normalized spacial score (nSPS) is 13.3. The maximum absolute atomic E-state index is 13.5. The molecule has 0 amide bonds. The fourth-order valence-corrected chi connectivity index (χ4v) is 1.86. The predicted molar refractivity (Wildman–Crippen MR) is 62.2 cm³/mol. The van der Waals surface area contributed by atoms with E-state index in [0.717, 1.165) is 0 Å². The molecule has 0 saturated heterocycles. The average molecular weight is 240 g/mol. The van der Waals surface area contributed by atoms with Crippen LogP contribution in [-0.2, 0) is 14.9 Å². The number of methoxy groups -OCH3 is 1. The molecular formula is C13H17FO3. The van der Waals surface area contributed by atoms with Crippen LogP contribution >= 0.6 is 0 Å². The molecule has 0 aliphatic heterocycles. The number of hydrogen-bond acceptors (Lipinski definition) is 3. The minimum absolute atomic E-state index is 0.354. The third-order valence-corrected chi connectivity index (χ3v) is 3.07. The van der Waals surface area contributed by atoms with Crippen LogP contribution in [-0.4, -0.2) is 24.3 Å². The number of aliphatic hydroxyl groups excluding tert-OH is 1. The monoisotopic (exact) mass is 240 g/mol. The number of benzene rings is 1. The van der Waals surface area contributed by atoms with Crippen LogP contribution in [0.5, 0.6) is 0 Å². The van der Waals surface area contributed by atoms with Crippen molar-refractivity contribution in [2.75, 3.05) is 7.11 Å². The number of rotatable bonds is 3. The molecule has 0 aliphatic carbocycles. The Balaban J connectivity index is 3.21. The van der Waals surface area contributed by atoms with E-state index in [1.54, 1.807) is 32.9 Å². The van der Waals surface area contributed by atoms with Gasteiger partial charge < -0.3 is 9.84 Å². The molecule has 1 aromatic rings. The minimum Gasteiger partial charge on any atom is -0.467 e. The zero-order chi connectivity index (χ0) is 13.2. The Labute approximate surface area is 100 Å². The van der Waals surface area contributed by atoms with Gasteiger partial charge in [-0.1, -0.05) is 26.0 Å². The van der Waals surface area contributed by atoms with Gasteiger partial charge in [-0.05, 0) is 24.1 Å². The average Bonchev–Trinajstić information content (AvgIpc) is 2.30. The highest BCUT2D eigenvalue weighted by molar-refractivity contribution is 5.76. The van der Waals surface area contributed by atoms with Gasteiger partial charge in [0.25, 0.3) is 0 Å². The largest absolute Gasteiger partial charge is 0.467 e. The summed E-state index contributed by atoms with van der Waals surface area (Å²) in [5.74, 6) is -1.08. The molecule has 1 atom stereocenters. The van der Waals surface area contributed by atoms with Gasteiger partial charge >= 0.3 is 5.97 Å². The molecule has 0 spiro atoms. The van der Waals surface area contributed by atoms with Crippen molar-refractivity contribution >= 4 is 5.97 Å². The van der Waals surface area contributed by atoms with Gasteiger partial charge in [-0.3, -0.25) is 0 Å². The van der Waals surface area contributed by atoms with Gasteiger partial charge in [-0.25, -0.2) is 9.18 Å². The van der Waals surface area contributed by atoms with E-state index in [2.05, 4.69) is 4.74 Å². The summed E-state index contributed by atoms with van der Waals surface area (Å²) in [4.78, 5) is 11.4. The van der Waals surface area contributed by atoms with Crippen LogP contribution in [0.2, 0.25) is 0 Å². The highest BCUT2D eigenvalue weighted by Crippen LogP contribution is 2.31. The lowest BCUT2D eigenvalue weighted by molar-refractivity contribution is -0.153. The summed E-state index contributed by atoms with van der Waals surface area (Å²) >= 11 is 0. The van der Waals surface area contributed by atoms with E-state index in [1.165, 1.54) is 13.2 Å². The summed E-state index contributed by atoms with van der Waals surface area (Å²) in [6, 6.07) is 4.60. The van der Waals surface area contributed by atoms with Gasteiger partial charge in [0.05, 0.1) is 7.11 Å². The summed E-state index contributed by atoms with van der Waals surface area (Å²) < 4.78 is 18.0. The zero-order valence-corrected chi connectivity index (χ0v) is 10.5. The summed E-state index contributed by atoms with van der Waals surface area (Å²) in [7, 11) is 1.21. The molecule has 3 nitrogen and oxygen atoms in total. The lowest BCUT2D eigenvalue weighted by atomic mass is 9.77. The summed E-state index contributed by atoms with van der Waals surface area (Å²) in [6.45, 7) is 4.98. The molecule has 0 aliphatic rings. The summed E-state index contributed by atoms with van der Waals surface area (Å²) in [6.07, 6.45) is -1.33. The van der Waals surface area contributed by atoms with E-state index in [9.17, 15) is 14.3 Å². The van der Waals surface area contributed by atoms with Crippen molar-refractivity contribution in [2.24, 2.45) is 0 Å². The molecular weight excluding hydrogens is 223 g/mol. The molecule has 1 N–H and O–H groups in total. The summed E-state index contributed by atoms with van der Waals surface area (Å²) in [5, 5.41) is 9.92. The molecule has 0 fully saturated rings. The van der Waals surface area contributed by atoms with Gasteiger partial charge in [0.15, 0.2) is 6.10 Å². The maximum atomic E-state index is 13.5. The molecule has 1 aromatic carbocycles.